The van der Waals surface area contributed by atoms with Crippen molar-refractivity contribution < 1.29 is 17.9 Å². The molecule has 26 heavy (non-hydrogen) atoms. The monoisotopic (exact) mass is 375 g/mol. The average molecular weight is 375 g/mol. The van der Waals surface area contributed by atoms with Crippen LogP contribution in [0.5, 0.6) is 5.75 Å². The first-order chi connectivity index (χ1) is 12.5. The zero-order chi connectivity index (χ0) is 18.6. The van der Waals surface area contributed by atoms with Crippen LogP contribution in [0.1, 0.15) is 5.56 Å². The predicted octanol–water partition coefficient (Wildman–Crippen LogP) is 1.17. The number of ether oxygens (including phenoxy) is 2. The molecule has 0 saturated carbocycles. The van der Waals surface area contributed by atoms with E-state index in [0.29, 0.717) is 12.4 Å². The summed E-state index contributed by atoms with van der Waals surface area (Å²) in [7, 11) is -2.48. The van der Waals surface area contributed by atoms with E-state index < -0.39 is 10.0 Å². The molecule has 0 amide bonds. The lowest BCUT2D eigenvalue weighted by Gasteiger charge is -2.07. The van der Waals surface area contributed by atoms with Crippen molar-refractivity contribution in [3.8, 4) is 17.1 Å². The minimum absolute atomic E-state index is 0.0660. The number of hydrogen-bond acceptors (Lipinski definition) is 7. The summed E-state index contributed by atoms with van der Waals surface area (Å²) in [6, 6.07) is 14.0. The Morgan fingerprint density at radius 3 is 2.62 bits per heavy atom. The number of hydrogen-bond donors (Lipinski definition) is 1. The molecule has 1 aromatic heterocycles. The molecule has 0 saturated heterocycles. The van der Waals surface area contributed by atoms with Gasteiger partial charge >= 0.3 is 0 Å². The number of primary sulfonamides is 1. The average Bonchev–Trinajstić information content (AvgIpc) is 3.10. The van der Waals surface area contributed by atoms with Gasteiger partial charge in [-0.05, 0) is 29.0 Å². The first kappa shape index (κ1) is 18.0. The number of sulfonamides is 1. The number of tetrazole rings is 1. The van der Waals surface area contributed by atoms with Gasteiger partial charge in [-0.25, -0.2) is 13.6 Å². The van der Waals surface area contributed by atoms with Crippen molar-refractivity contribution in [2.45, 2.75) is 18.2 Å². The molecular weight excluding hydrogens is 358 g/mol. The maximum Gasteiger partial charge on any atom is 0.238 e. The van der Waals surface area contributed by atoms with Crippen LogP contribution in [0.15, 0.2) is 53.4 Å². The Balaban J connectivity index is 1.79. The van der Waals surface area contributed by atoms with Gasteiger partial charge in [0.25, 0.3) is 0 Å². The Bertz CT molecular complexity index is 989. The molecule has 9 nitrogen and oxygen atoms in total. The SMILES string of the molecule is COc1ccc(S(N)(=O)=O)c(-c2nnn(COCc3ccccc3)n2)c1. The van der Waals surface area contributed by atoms with Crippen LogP contribution in [0.3, 0.4) is 0 Å². The Morgan fingerprint density at radius 1 is 1.15 bits per heavy atom. The quantitative estimate of drug-likeness (QED) is 0.657. The fourth-order valence-corrected chi connectivity index (χ4v) is 3.00. The Labute approximate surface area is 150 Å². The van der Waals surface area contributed by atoms with Gasteiger partial charge in [0.2, 0.25) is 15.8 Å². The lowest BCUT2D eigenvalue weighted by atomic mass is 10.2. The summed E-state index contributed by atoms with van der Waals surface area (Å²) in [5.74, 6) is 0.556. The van der Waals surface area contributed by atoms with Crippen molar-refractivity contribution in [2.24, 2.45) is 5.14 Å². The van der Waals surface area contributed by atoms with Crippen molar-refractivity contribution in [3.63, 3.8) is 0 Å². The van der Waals surface area contributed by atoms with Crippen LogP contribution in [0.4, 0.5) is 0 Å². The largest absolute Gasteiger partial charge is 0.497 e. The summed E-state index contributed by atoms with van der Waals surface area (Å²) in [6.45, 7) is 0.454. The summed E-state index contributed by atoms with van der Waals surface area (Å²) in [6.07, 6.45) is 0. The van der Waals surface area contributed by atoms with E-state index in [1.54, 1.807) is 0 Å². The van der Waals surface area contributed by atoms with E-state index in [-0.39, 0.29) is 23.0 Å². The summed E-state index contributed by atoms with van der Waals surface area (Å²) in [5.41, 5.74) is 1.22. The Morgan fingerprint density at radius 2 is 1.92 bits per heavy atom. The van der Waals surface area contributed by atoms with Crippen molar-refractivity contribution in [3.05, 3.63) is 54.1 Å². The molecule has 0 bridgehead atoms. The molecule has 3 aromatic rings. The molecule has 1 heterocycles. The number of aromatic nitrogens is 4. The highest BCUT2D eigenvalue weighted by Crippen LogP contribution is 2.27. The zero-order valence-corrected chi connectivity index (χ0v) is 14.8. The van der Waals surface area contributed by atoms with Gasteiger partial charge in [-0.1, -0.05) is 30.3 Å². The van der Waals surface area contributed by atoms with E-state index in [1.165, 1.54) is 30.1 Å². The van der Waals surface area contributed by atoms with Crippen LogP contribution >= 0.6 is 0 Å². The molecule has 0 unspecified atom stereocenters. The summed E-state index contributed by atoms with van der Waals surface area (Å²) in [5, 5.41) is 17.2. The highest BCUT2D eigenvalue weighted by molar-refractivity contribution is 7.89. The van der Waals surface area contributed by atoms with Crippen LogP contribution in [-0.2, 0) is 28.1 Å². The van der Waals surface area contributed by atoms with Crippen molar-refractivity contribution >= 4 is 10.0 Å². The van der Waals surface area contributed by atoms with E-state index in [2.05, 4.69) is 15.4 Å². The lowest BCUT2D eigenvalue weighted by molar-refractivity contribution is 0.0459. The van der Waals surface area contributed by atoms with Crippen molar-refractivity contribution in [1.29, 1.82) is 0 Å². The van der Waals surface area contributed by atoms with Gasteiger partial charge in [-0.3, -0.25) is 0 Å². The van der Waals surface area contributed by atoms with E-state index in [1.807, 2.05) is 30.3 Å². The van der Waals surface area contributed by atoms with Gasteiger partial charge in [0, 0.05) is 5.56 Å². The van der Waals surface area contributed by atoms with Crippen molar-refractivity contribution in [2.75, 3.05) is 7.11 Å². The molecule has 0 aliphatic heterocycles. The molecule has 136 valence electrons. The number of benzene rings is 2. The van der Waals surface area contributed by atoms with E-state index in [4.69, 9.17) is 14.6 Å². The van der Waals surface area contributed by atoms with Gasteiger partial charge in [-0.15, -0.1) is 15.0 Å². The van der Waals surface area contributed by atoms with Gasteiger partial charge in [-0.2, -0.15) is 0 Å². The van der Waals surface area contributed by atoms with Gasteiger partial charge in [0.1, 0.15) is 5.75 Å². The molecule has 0 spiro atoms. The first-order valence-electron chi connectivity index (χ1n) is 7.58. The molecule has 0 radical (unpaired) electrons. The normalized spacial score (nSPS) is 11.5. The predicted molar refractivity (Wildman–Crippen MR) is 92.4 cm³/mol. The number of nitrogens with two attached hydrogens (primary N) is 1. The molecule has 2 aromatic carbocycles. The Hall–Kier alpha value is -2.82. The second kappa shape index (κ2) is 7.60. The van der Waals surface area contributed by atoms with Crippen molar-refractivity contribution in [1.82, 2.24) is 20.2 Å². The molecule has 0 atom stereocenters. The summed E-state index contributed by atoms with van der Waals surface area (Å²) in [4.78, 5) is 1.12. The van der Waals surface area contributed by atoms with Crippen LogP contribution in [0.2, 0.25) is 0 Å². The second-order valence-corrected chi connectivity index (χ2v) is 6.89. The fraction of sp³-hybridized carbons (Fsp3) is 0.188. The van der Waals surface area contributed by atoms with Crippen LogP contribution < -0.4 is 9.88 Å². The number of methoxy groups -OCH3 is 1. The molecule has 0 aliphatic rings. The molecule has 3 rings (SSSR count). The third-order valence-corrected chi connectivity index (χ3v) is 4.47. The third kappa shape index (κ3) is 4.23. The molecular formula is C16H17N5O4S. The third-order valence-electron chi connectivity index (χ3n) is 3.51. The highest BCUT2D eigenvalue weighted by atomic mass is 32.2. The fourth-order valence-electron chi connectivity index (χ4n) is 2.28. The molecule has 2 N–H and O–H groups in total. The second-order valence-electron chi connectivity index (χ2n) is 5.36. The number of rotatable bonds is 7. The maximum atomic E-state index is 11.8. The van der Waals surface area contributed by atoms with Gasteiger partial charge in [0.05, 0.1) is 18.6 Å². The molecule has 0 aliphatic carbocycles. The van der Waals surface area contributed by atoms with Crippen LogP contribution in [0, 0.1) is 0 Å². The summed E-state index contributed by atoms with van der Waals surface area (Å²) >= 11 is 0. The maximum absolute atomic E-state index is 11.8. The number of nitrogens with zero attached hydrogens (tertiary/aromatic N) is 4. The minimum atomic E-state index is -3.95. The molecule has 0 fully saturated rings. The van der Waals surface area contributed by atoms with Crippen LogP contribution in [-0.4, -0.2) is 35.7 Å². The van der Waals surface area contributed by atoms with Gasteiger partial charge < -0.3 is 9.47 Å². The van der Waals surface area contributed by atoms with Gasteiger partial charge in [0.15, 0.2) is 6.73 Å². The zero-order valence-electron chi connectivity index (χ0n) is 13.9. The minimum Gasteiger partial charge on any atom is -0.497 e. The topological polar surface area (TPSA) is 122 Å². The van der Waals surface area contributed by atoms with E-state index >= 15 is 0 Å². The van der Waals surface area contributed by atoms with Crippen LogP contribution in [0.25, 0.3) is 11.4 Å². The standard InChI is InChI=1S/C16H17N5O4S/c1-24-13-7-8-15(26(17,22)23)14(9-13)16-18-20-21(19-16)11-25-10-12-5-3-2-4-6-12/h2-9H,10-11H2,1H3,(H2,17,22,23). The Kier molecular flexibility index (Phi) is 5.26. The summed E-state index contributed by atoms with van der Waals surface area (Å²) < 4.78 is 34.2. The smallest absolute Gasteiger partial charge is 0.238 e. The van der Waals surface area contributed by atoms with E-state index in [0.717, 1.165) is 5.56 Å². The lowest BCUT2D eigenvalue weighted by Crippen LogP contribution is -2.14. The first-order valence-corrected chi connectivity index (χ1v) is 9.12. The van der Waals surface area contributed by atoms with E-state index in [9.17, 15) is 8.42 Å². The molecule has 10 heteroatoms. The highest BCUT2D eigenvalue weighted by Gasteiger charge is 2.19.